The Hall–Kier alpha value is -3.67. The molecule has 27 heavy (non-hydrogen) atoms. The number of amides is 1. The van der Waals surface area contributed by atoms with Gasteiger partial charge in [-0.3, -0.25) is 9.59 Å². The predicted molar refractivity (Wildman–Crippen MR) is 101 cm³/mol. The Morgan fingerprint density at radius 3 is 2.63 bits per heavy atom. The summed E-state index contributed by atoms with van der Waals surface area (Å²) < 4.78 is 24.9. The standard InChI is InChI=1S/C21H14FNO4/c1-26-17-8-4-6-15-19(24)14-10-9-12(11-18(14)27-20(15)17)23-21(25)13-5-2-3-7-16(13)22/h2-11H,1H3,(H,23,25). The molecule has 0 aliphatic carbocycles. The lowest BCUT2D eigenvalue weighted by molar-refractivity contribution is 0.102. The fourth-order valence-electron chi connectivity index (χ4n) is 2.93. The van der Waals surface area contributed by atoms with Crippen molar-refractivity contribution in [3.63, 3.8) is 0 Å². The van der Waals surface area contributed by atoms with Crippen LogP contribution in [-0.4, -0.2) is 13.0 Å². The summed E-state index contributed by atoms with van der Waals surface area (Å²) in [6.07, 6.45) is 0. The number of hydrogen-bond acceptors (Lipinski definition) is 4. The molecule has 3 aromatic carbocycles. The molecule has 0 atom stereocenters. The average molecular weight is 363 g/mol. The predicted octanol–water partition coefficient (Wildman–Crippen LogP) is 4.35. The molecule has 0 radical (unpaired) electrons. The van der Waals surface area contributed by atoms with E-state index in [2.05, 4.69) is 5.32 Å². The molecular weight excluding hydrogens is 349 g/mol. The van der Waals surface area contributed by atoms with Crippen LogP contribution in [0.2, 0.25) is 0 Å². The molecule has 0 saturated heterocycles. The van der Waals surface area contributed by atoms with E-state index in [-0.39, 0.29) is 11.0 Å². The molecule has 0 bridgehead atoms. The number of methoxy groups -OCH3 is 1. The maximum atomic E-state index is 13.8. The Morgan fingerprint density at radius 2 is 1.85 bits per heavy atom. The molecule has 0 saturated carbocycles. The van der Waals surface area contributed by atoms with E-state index in [1.54, 1.807) is 36.4 Å². The Balaban J connectivity index is 1.80. The minimum absolute atomic E-state index is 0.0702. The van der Waals surface area contributed by atoms with Gasteiger partial charge in [-0.25, -0.2) is 4.39 Å². The van der Waals surface area contributed by atoms with Gasteiger partial charge in [-0.15, -0.1) is 0 Å². The largest absolute Gasteiger partial charge is 0.493 e. The highest BCUT2D eigenvalue weighted by Crippen LogP contribution is 2.28. The zero-order chi connectivity index (χ0) is 19.0. The van der Waals surface area contributed by atoms with Gasteiger partial charge in [0.2, 0.25) is 5.43 Å². The van der Waals surface area contributed by atoms with Gasteiger partial charge in [0.15, 0.2) is 11.3 Å². The number of benzene rings is 3. The third kappa shape index (κ3) is 2.91. The third-order valence-corrected chi connectivity index (χ3v) is 4.26. The molecule has 0 aliphatic rings. The van der Waals surface area contributed by atoms with Crippen molar-refractivity contribution < 1.29 is 18.3 Å². The number of para-hydroxylation sites is 1. The van der Waals surface area contributed by atoms with Crippen LogP contribution in [-0.2, 0) is 0 Å². The van der Waals surface area contributed by atoms with Crippen LogP contribution in [0.15, 0.2) is 69.9 Å². The van der Waals surface area contributed by atoms with Crippen molar-refractivity contribution in [3.8, 4) is 5.75 Å². The SMILES string of the molecule is COc1cccc2c(=O)c3ccc(NC(=O)c4ccccc4F)cc3oc12. The lowest BCUT2D eigenvalue weighted by Gasteiger charge is -2.09. The minimum atomic E-state index is -0.613. The fraction of sp³-hybridized carbons (Fsp3) is 0.0476. The Morgan fingerprint density at radius 1 is 1.04 bits per heavy atom. The normalized spacial score (nSPS) is 10.9. The van der Waals surface area contributed by atoms with Gasteiger partial charge < -0.3 is 14.5 Å². The van der Waals surface area contributed by atoms with E-state index in [0.717, 1.165) is 0 Å². The van der Waals surface area contributed by atoms with Crippen LogP contribution in [0.5, 0.6) is 5.75 Å². The van der Waals surface area contributed by atoms with E-state index in [9.17, 15) is 14.0 Å². The molecule has 1 N–H and O–H groups in total. The summed E-state index contributed by atoms with van der Waals surface area (Å²) in [5, 5.41) is 3.40. The lowest BCUT2D eigenvalue weighted by Crippen LogP contribution is -2.13. The second-order valence-electron chi connectivity index (χ2n) is 5.91. The first kappa shape index (κ1) is 16.8. The van der Waals surface area contributed by atoms with Crippen molar-refractivity contribution in [3.05, 3.63) is 82.3 Å². The molecule has 1 aromatic heterocycles. The summed E-state index contributed by atoms with van der Waals surface area (Å²) in [5.41, 5.74) is 0.739. The van der Waals surface area contributed by atoms with Gasteiger partial charge in [0.05, 0.1) is 23.4 Å². The topological polar surface area (TPSA) is 68.5 Å². The summed E-state index contributed by atoms with van der Waals surface area (Å²) in [6, 6.07) is 15.4. The number of fused-ring (bicyclic) bond motifs is 2. The molecular formula is C21H14FNO4. The number of anilines is 1. The Bertz CT molecular complexity index is 1250. The van der Waals surface area contributed by atoms with Gasteiger partial charge in [0, 0.05) is 11.8 Å². The highest BCUT2D eigenvalue weighted by Gasteiger charge is 2.14. The summed E-state index contributed by atoms with van der Waals surface area (Å²) in [6.45, 7) is 0. The first-order chi connectivity index (χ1) is 13.1. The third-order valence-electron chi connectivity index (χ3n) is 4.26. The van der Waals surface area contributed by atoms with Gasteiger partial charge in [0.25, 0.3) is 5.91 Å². The second-order valence-corrected chi connectivity index (χ2v) is 5.91. The number of carbonyl (C=O) groups is 1. The van der Waals surface area contributed by atoms with Crippen molar-refractivity contribution in [2.45, 2.75) is 0 Å². The molecule has 6 heteroatoms. The van der Waals surface area contributed by atoms with Crippen LogP contribution in [0, 0.1) is 5.82 Å². The highest BCUT2D eigenvalue weighted by molar-refractivity contribution is 6.05. The Kier molecular flexibility index (Phi) is 4.08. The molecule has 134 valence electrons. The van der Waals surface area contributed by atoms with E-state index >= 15 is 0 Å². The number of hydrogen-bond donors (Lipinski definition) is 1. The van der Waals surface area contributed by atoms with Gasteiger partial charge in [-0.2, -0.15) is 0 Å². The van der Waals surface area contributed by atoms with Gasteiger partial charge in [-0.1, -0.05) is 18.2 Å². The monoisotopic (exact) mass is 363 g/mol. The minimum Gasteiger partial charge on any atom is -0.493 e. The van der Waals surface area contributed by atoms with E-state index in [1.807, 2.05) is 0 Å². The Labute approximate surface area is 153 Å². The number of rotatable bonds is 3. The number of halogens is 1. The molecule has 4 rings (SSSR count). The van der Waals surface area contributed by atoms with Crippen molar-refractivity contribution in [1.29, 1.82) is 0 Å². The molecule has 0 aliphatic heterocycles. The van der Waals surface area contributed by atoms with Crippen molar-refractivity contribution >= 4 is 33.5 Å². The number of carbonyl (C=O) groups excluding carboxylic acids is 1. The van der Waals surface area contributed by atoms with Crippen LogP contribution in [0.4, 0.5) is 10.1 Å². The maximum absolute atomic E-state index is 13.8. The van der Waals surface area contributed by atoms with Crippen LogP contribution in [0.1, 0.15) is 10.4 Å². The van der Waals surface area contributed by atoms with Crippen LogP contribution >= 0.6 is 0 Å². The zero-order valence-electron chi connectivity index (χ0n) is 14.3. The van der Waals surface area contributed by atoms with Gasteiger partial charge in [0.1, 0.15) is 11.4 Å². The number of ether oxygens (including phenoxy) is 1. The molecule has 0 spiro atoms. The first-order valence-corrected chi connectivity index (χ1v) is 8.18. The summed E-state index contributed by atoms with van der Waals surface area (Å²) in [5.74, 6) is -0.765. The van der Waals surface area contributed by atoms with Crippen molar-refractivity contribution in [2.75, 3.05) is 12.4 Å². The van der Waals surface area contributed by atoms with Crippen LogP contribution in [0.3, 0.4) is 0 Å². The lowest BCUT2D eigenvalue weighted by atomic mass is 10.1. The molecule has 0 fully saturated rings. The first-order valence-electron chi connectivity index (χ1n) is 8.18. The zero-order valence-corrected chi connectivity index (χ0v) is 14.3. The van der Waals surface area contributed by atoms with E-state index in [1.165, 1.54) is 31.4 Å². The molecule has 0 unspecified atom stereocenters. The molecule has 1 amide bonds. The van der Waals surface area contributed by atoms with E-state index in [4.69, 9.17) is 9.15 Å². The molecule has 5 nitrogen and oxygen atoms in total. The number of nitrogens with one attached hydrogen (secondary N) is 1. The average Bonchev–Trinajstić information content (AvgIpc) is 2.68. The summed E-state index contributed by atoms with van der Waals surface area (Å²) in [7, 11) is 1.49. The van der Waals surface area contributed by atoms with E-state index in [0.29, 0.717) is 33.4 Å². The van der Waals surface area contributed by atoms with Crippen LogP contribution < -0.4 is 15.5 Å². The molecule has 1 heterocycles. The summed E-state index contributed by atoms with van der Waals surface area (Å²) >= 11 is 0. The maximum Gasteiger partial charge on any atom is 0.258 e. The summed E-state index contributed by atoms with van der Waals surface area (Å²) in [4.78, 5) is 25.0. The smallest absolute Gasteiger partial charge is 0.258 e. The van der Waals surface area contributed by atoms with Crippen molar-refractivity contribution in [1.82, 2.24) is 0 Å². The van der Waals surface area contributed by atoms with Gasteiger partial charge >= 0.3 is 0 Å². The fourth-order valence-corrected chi connectivity index (χ4v) is 2.93. The van der Waals surface area contributed by atoms with Gasteiger partial charge in [-0.05, 0) is 36.4 Å². The van der Waals surface area contributed by atoms with Crippen molar-refractivity contribution in [2.24, 2.45) is 0 Å². The van der Waals surface area contributed by atoms with Crippen LogP contribution in [0.25, 0.3) is 21.9 Å². The highest BCUT2D eigenvalue weighted by atomic mass is 19.1. The molecule has 4 aromatic rings. The second kappa shape index (κ2) is 6.57. The quantitative estimate of drug-likeness (QED) is 0.550. The van der Waals surface area contributed by atoms with E-state index < -0.39 is 11.7 Å².